The van der Waals surface area contributed by atoms with Gasteiger partial charge in [0.1, 0.15) is 35.1 Å². The number of benzene rings is 3. The lowest BCUT2D eigenvalue weighted by Gasteiger charge is -2.34. The number of hydrogen-bond acceptors (Lipinski definition) is 6. The van der Waals surface area contributed by atoms with Crippen LogP contribution in [0.3, 0.4) is 0 Å². The number of imidazole rings is 1. The second-order valence-corrected chi connectivity index (χ2v) is 12.2. The van der Waals surface area contributed by atoms with Gasteiger partial charge < -0.3 is 23.5 Å². The normalized spacial score (nSPS) is 13.6. The third-order valence-corrected chi connectivity index (χ3v) is 9.14. The van der Waals surface area contributed by atoms with Crippen LogP contribution in [-0.4, -0.2) is 30.2 Å². The Labute approximate surface area is 250 Å². The molecule has 0 radical (unpaired) electrons. The van der Waals surface area contributed by atoms with Crippen molar-refractivity contribution in [3.8, 4) is 45.0 Å². The van der Waals surface area contributed by atoms with Crippen molar-refractivity contribution in [2.24, 2.45) is 0 Å². The number of aromatic nitrogens is 2. The van der Waals surface area contributed by atoms with Crippen molar-refractivity contribution in [2.75, 3.05) is 20.6 Å². The largest absolute Gasteiger partial charge is 0.454 e. The first kappa shape index (κ1) is 26.6. The summed E-state index contributed by atoms with van der Waals surface area (Å²) in [7, 11) is 2.25. The molecule has 8 heteroatoms. The molecule has 0 fully saturated rings. The molecule has 7 rings (SSSR count). The molecule has 7 nitrogen and oxygen atoms in total. The minimum absolute atomic E-state index is 0.235. The fourth-order valence-corrected chi connectivity index (χ4v) is 6.67. The maximum atomic E-state index is 5.84. The summed E-state index contributed by atoms with van der Waals surface area (Å²) in [4.78, 5) is 7.82. The molecular weight excluding hydrogens is 546 g/mol. The molecule has 4 heterocycles. The molecule has 42 heavy (non-hydrogen) atoms. The summed E-state index contributed by atoms with van der Waals surface area (Å²) < 4.78 is 25.9. The maximum absolute atomic E-state index is 5.84. The molecule has 0 saturated heterocycles. The Balaban J connectivity index is 1.45. The fourth-order valence-electron chi connectivity index (χ4n) is 5.79. The molecule has 0 unspecified atom stereocenters. The summed E-state index contributed by atoms with van der Waals surface area (Å²) >= 11 is 1.79. The number of nitrogens with zero attached hydrogens (tertiary/aromatic N) is 3. The van der Waals surface area contributed by atoms with Gasteiger partial charge in [-0.25, -0.2) is 4.98 Å². The van der Waals surface area contributed by atoms with Crippen LogP contribution in [0.25, 0.3) is 22.0 Å². The quantitative estimate of drug-likeness (QED) is 0.164. The lowest BCUT2D eigenvalue weighted by atomic mass is 10.1. The van der Waals surface area contributed by atoms with Crippen molar-refractivity contribution in [3.05, 3.63) is 89.4 Å². The minimum Gasteiger partial charge on any atom is -0.454 e. The second kappa shape index (κ2) is 10.9. The Morgan fingerprint density at radius 2 is 1.45 bits per heavy atom. The van der Waals surface area contributed by atoms with Crippen molar-refractivity contribution < 1.29 is 18.9 Å². The number of hydrogen-bond donors (Lipinski definition) is 0. The van der Waals surface area contributed by atoms with Gasteiger partial charge in [0.05, 0.1) is 11.9 Å². The highest BCUT2D eigenvalue weighted by molar-refractivity contribution is 7.15. The molecule has 0 spiro atoms. The van der Waals surface area contributed by atoms with Gasteiger partial charge in [-0.05, 0) is 37.6 Å². The first-order valence-corrected chi connectivity index (χ1v) is 15.2. The van der Waals surface area contributed by atoms with Crippen LogP contribution in [0.15, 0.2) is 78.9 Å². The number of rotatable bonds is 9. The van der Waals surface area contributed by atoms with Crippen LogP contribution in [0.5, 0.6) is 23.0 Å². The first-order chi connectivity index (χ1) is 20.5. The van der Waals surface area contributed by atoms with Gasteiger partial charge in [0.25, 0.3) is 0 Å². The number of fused-ring (bicyclic) bond motifs is 2. The molecular formula is C34H34N3O4S+. The predicted molar refractivity (Wildman–Crippen MR) is 167 cm³/mol. The van der Waals surface area contributed by atoms with Crippen molar-refractivity contribution in [2.45, 2.75) is 39.8 Å². The molecule has 0 saturated carbocycles. The molecule has 3 aromatic carbocycles. The van der Waals surface area contributed by atoms with E-state index >= 15 is 0 Å². The summed E-state index contributed by atoms with van der Waals surface area (Å²) in [6.07, 6.45) is 2.15. The average molecular weight is 581 g/mol. The lowest BCUT2D eigenvalue weighted by molar-refractivity contribution is 0.173. The topological polar surface area (TPSA) is 54.7 Å². The molecule has 0 amide bonds. The van der Waals surface area contributed by atoms with Crippen LogP contribution in [0.2, 0.25) is 0 Å². The molecule has 0 N–H and O–H groups in total. The highest BCUT2D eigenvalue weighted by atomic mass is 32.1. The van der Waals surface area contributed by atoms with Gasteiger partial charge >= 0.3 is 0 Å². The van der Waals surface area contributed by atoms with E-state index in [0.717, 1.165) is 70.8 Å². The SMILES string of the molecule is CCCCn1c(-c2ccccc2)nc(-c2ccc(C)s2)c1C[N+](C)(c1ccc2c(c1)OCO2)c1ccc2c(c1)OCO2. The number of thiophene rings is 1. The zero-order chi connectivity index (χ0) is 28.7. The summed E-state index contributed by atoms with van der Waals surface area (Å²) in [6, 6.07) is 27.4. The molecule has 2 aromatic heterocycles. The average Bonchev–Trinajstić information content (AvgIpc) is 3.82. The van der Waals surface area contributed by atoms with E-state index in [1.54, 1.807) is 11.3 Å². The number of aryl methyl sites for hydroxylation is 1. The van der Waals surface area contributed by atoms with Crippen LogP contribution >= 0.6 is 11.3 Å². The third-order valence-electron chi connectivity index (χ3n) is 8.13. The summed E-state index contributed by atoms with van der Waals surface area (Å²) in [5, 5.41) is 0. The van der Waals surface area contributed by atoms with Crippen molar-refractivity contribution in [1.82, 2.24) is 14.0 Å². The van der Waals surface area contributed by atoms with E-state index in [4.69, 9.17) is 23.9 Å². The molecule has 0 aliphatic carbocycles. The van der Waals surface area contributed by atoms with Crippen LogP contribution in [-0.2, 0) is 13.1 Å². The van der Waals surface area contributed by atoms with E-state index in [1.807, 2.05) is 12.1 Å². The minimum atomic E-state index is 0.235. The Hall–Kier alpha value is -4.27. The van der Waals surface area contributed by atoms with Crippen LogP contribution < -0.4 is 23.4 Å². The van der Waals surface area contributed by atoms with Crippen molar-refractivity contribution in [1.29, 1.82) is 0 Å². The van der Waals surface area contributed by atoms with Crippen LogP contribution in [0.1, 0.15) is 30.3 Å². The van der Waals surface area contributed by atoms with Gasteiger partial charge in [0.15, 0.2) is 23.0 Å². The van der Waals surface area contributed by atoms with Crippen LogP contribution in [0, 0.1) is 6.92 Å². The number of quaternary nitrogens is 1. The van der Waals surface area contributed by atoms with Crippen molar-refractivity contribution >= 4 is 22.7 Å². The zero-order valence-electron chi connectivity index (χ0n) is 24.1. The van der Waals surface area contributed by atoms with E-state index < -0.39 is 0 Å². The highest BCUT2D eigenvalue weighted by Crippen LogP contribution is 2.46. The van der Waals surface area contributed by atoms with E-state index in [2.05, 4.69) is 92.2 Å². The Kier molecular flexibility index (Phi) is 6.88. The van der Waals surface area contributed by atoms with Gasteiger partial charge in [-0.2, -0.15) is 0 Å². The van der Waals surface area contributed by atoms with Gasteiger partial charge in [0.2, 0.25) is 13.6 Å². The van der Waals surface area contributed by atoms with Crippen LogP contribution in [0.4, 0.5) is 11.4 Å². The van der Waals surface area contributed by atoms with Gasteiger partial charge in [-0.1, -0.05) is 43.7 Å². The fraction of sp³-hybridized carbons (Fsp3) is 0.265. The van der Waals surface area contributed by atoms with Gasteiger partial charge in [-0.15, -0.1) is 11.3 Å². The van der Waals surface area contributed by atoms with E-state index in [-0.39, 0.29) is 13.6 Å². The Morgan fingerprint density at radius 3 is 2.05 bits per heavy atom. The van der Waals surface area contributed by atoms with Gasteiger partial charge in [0, 0.05) is 41.3 Å². The molecule has 2 aliphatic rings. The monoisotopic (exact) mass is 580 g/mol. The van der Waals surface area contributed by atoms with E-state index in [1.165, 1.54) is 15.4 Å². The third kappa shape index (κ3) is 4.70. The maximum Gasteiger partial charge on any atom is 0.231 e. The molecule has 0 bridgehead atoms. The standard InChI is InChI=1S/C34H34N3O4S/c1-4-5-17-36-27(33(32-16-11-23(2)42-32)35-34(36)24-9-7-6-8-10-24)20-37(3,25-12-14-28-30(18-25)40-21-38-28)26-13-15-29-31(19-26)41-22-39-29/h6-16,18-19H,4-5,17,20-22H2,1-3H3/q+1. The first-order valence-electron chi connectivity index (χ1n) is 14.4. The predicted octanol–water partition coefficient (Wildman–Crippen LogP) is 8.31. The molecule has 2 aliphatic heterocycles. The zero-order valence-corrected chi connectivity index (χ0v) is 24.9. The molecule has 5 aromatic rings. The van der Waals surface area contributed by atoms with E-state index in [0.29, 0.717) is 11.0 Å². The van der Waals surface area contributed by atoms with Crippen molar-refractivity contribution in [3.63, 3.8) is 0 Å². The summed E-state index contributed by atoms with van der Waals surface area (Å²) in [5.41, 5.74) is 5.51. The Morgan fingerprint density at radius 1 is 0.810 bits per heavy atom. The molecule has 0 atom stereocenters. The summed E-state index contributed by atoms with van der Waals surface area (Å²) in [5.74, 6) is 4.06. The van der Waals surface area contributed by atoms with E-state index in [9.17, 15) is 0 Å². The summed E-state index contributed by atoms with van der Waals surface area (Å²) in [6.45, 7) is 6.41. The number of ether oxygens (including phenoxy) is 4. The number of unbranched alkanes of at least 4 members (excludes halogenated alkanes) is 1. The van der Waals surface area contributed by atoms with Gasteiger partial charge in [-0.3, -0.25) is 4.48 Å². The smallest absolute Gasteiger partial charge is 0.231 e. The highest BCUT2D eigenvalue weighted by Gasteiger charge is 2.36. The second-order valence-electron chi connectivity index (χ2n) is 10.9. The molecule has 214 valence electrons. The Bertz CT molecular complexity index is 1690. The lowest BCUT2D eigenvalue weighted by Crippen LogP contribution is -2.39.